The van der Waals surface area contributed by atoms with Crippen LogP contribution in [0.3, 0.4) is 0 Å². The highest BCUT2D eigenvalue weighted by molar-refractivity contribution is 5.92. The Morgan fingerprint density at radius 3 is 2.92 bits per heavy atom. The Hall–Kier alpha value is -1.15. The average molecular weight is 189 g/mol. The summed E-state index contributed by atoms with van der Waals surface area (Å²) < 4.78 is 30.3. The number of hydrogen-bond donors (Lipinski definition) is 0. The predicted molar refractivity (Wildman–Crippen MR) is 41.2 cm³/mol. The fourth-order valence-corrected chi connectivity index (χ4v) is 1.06. The first kappa shape index (κ1) is 9.93. The highest BCUT2D eigenvalue weighted by Gasteiger charge is 2.35. The highest BCUT2D eigenvalue weighted by Crippen LogP contribution is 2.18. The van der Waals surface area contributed by atoms with Gasteiger partial charge < -0.3 is 9.64 Å². The van der Waals surface area contributed by atoms with Crippen molar-refractivity contribution < 1.29 is 18.3 Å². The molecule has 0 aromatic rings. The second kappa shape index (κ2) is 3.71. The van der Waals surface area contributed by atoms with E-state index in [1.807, 2.05) is 0 Å². The van der Waals surface area contributed by atoms with Crippen LogP contribution in [0.4, 0.5) is 8.78 Å². The number of rotatable bonds is 0. The second-order valence-corrected chi connectivity index (χ2v) is 2.78. The van der Waals surface area contributed by atoms with Gasteiger partial charge in [0.1, 0.15) is 6.61 Å². The molecular weight excluding hydrogens is 180 g/mol. The molecule has 0 aromatic heterocycles. The van der Waals surface area contributed by atoms with Crippen LogP contribution < -0.4 is 0 Å². The first-order valence-corrected chi connectivity index (χ1v) is 3.76. The van der Waals surface area contributed by atoms with E-state index in [1.165, 1.54) is 0 Å². The summed E-state index contributed by atoms with van der Waals surface area (Å²) in [6.07, 6.45) is 4.82. The number of alkyl halides is 2. The quantitative estimate of drug-likeness (QED) is 0.506. The zero-order chi connectivity index (χ0) is 9.90. The Balaban J connectivity index is 2.66. The number of halogens is 2. The molecule has 0 saturated carbocycles. The van der Waals surface area contributed by atoms with Gasteiger partial charge in [-0.2, -0.15) is 0 Å². The molecule has 72 valence electrons. The van der Waals surface area contributed by atoms with Crippen LogP contribution in [0.5, 0.6) is 0 Å². The number of amides is 1. The fourth-order valence-electron chi connectivity index (χ4n) is 1.06. The molecule has 0 unspecified atom stereocenters. The Bertz CT molecular complexity index is 247. The van der Waals surface area contributed by atoms with Crippen LogP contribution in [0.2, 0.25) is 0 Å². The van der Waals surface area contributed by atoms with Gasteiger partial charge in [0.05, 0.1) is 13.2 Å². The molecule has 1 aliphatic heterocycles. The molecule has 1 saturated heterocycles. The van der Waals surface area contributed by atoms with E-state index >= 15 is 0 Å². The fraction of sp³-hybridized carbons (Fsp3) is 0.625. The van der Waals surface area contributed by atoms with Crippen molar-refractivity contribution in [1.29, 1.82) is 0 Å². The van der Waals surface area contributed by atoms with E-state index in [0.717, 1.165) is 4.90 Å². The minimum Gasteiger partial charge on any atom is -0.373 e. The van der Waals surface area contributed by atoms with Gasteiger partial charge in [-0.05, 0) is 5.92 Å². The predicted octanol–water partition coefficient (Wildman–Crippen LogP) is 0.114. The van der Waals surface area contributed by atoms with Crippen molar-refractivity contribution in [1.82, 2.24) is 4.90 Å². The first-order chi connectivity index (χ1) is 6.05. The molecule has 0 aliphatic carbocycles. The van der Waals surface area contributed by atoms with Crippen LogP contribution in [0, 0.1) is 12.3 Å². The summed E-state index contributed by atoms with van der Waals surface area (Å²) in [6.45, 7) is -1.08. The number of carbonyl (C=O) groups is 1. The normalized spacial score (nSPS) is 21.8. The third kappa shape index (κ3) is 2.67. The maximum Gasteiger partial charge on any atom is 0.298 e. The molecule has 1 fully saturated rings. The van der Waals surface area contributed by atoms with E-state index in [0.29, 0.717) is 0 Å². The van der Waals surface area contributed by atoms with Crippen LogP contribution in [0.15, 0.2) is 0 Å². The zero-order valence-corrected chi connectivity index (χ0v) is 6.93. The monoisotopic (exact) mass is 189 g/mol. The van der Waals surface area contributed by atoms with Gasteiger partial charge in [0.15, 0.2) is 0 Å². The standard InChI is InChI=1S/C8H9F2NO2/c1-2-7(12)11-3-4-13-6-8(9,10)5-11/h1H,3-6H2. The van der Waals surface area contributed by atoms with Crippen LogP contribution in [0.1, 0.15) is 0 Å². The van der Waals surface area contributed by atoms with Gasteiger partial charge in [0, 0.05) is 6.54 Å². The van der Waals surface area contributed by atoms with Gasteiger partial charge in [-0.1, -0.05) is 0 Å². The van der Waals surface area contributed by atoms with Crippen LogP contribution in [0.25, 0.3) is 0 Å². The molecule has 1 amide bonds. The SMILES string of the molecule is C#CC(=O)N1CCOCC(F)(F)C1. The van der Waals surface area contributed by atoms with E-state index in [1.54, 1.807) is 5.92 Å². The number of nitrogens with zero attached hydrogens (tertiary/aromatic N) is 1. The second-order valence-electron chi connectivity index (χ2n) is 2.78. The Morgan fingerprint density at radius 1 is 1.62 bits per heavy atom. The van der Waals surface area contributed by atoms with Crippen molar-refractivity contribution in [2.24, 2.45) is 0 Å². The van der Waals surface area contributed by atoms with Crippen molar-refractivity contribution in [3.8, 4) is 12.3 Å². The molecule has 0 aromatic carbocycles. The molecule has 1 heterocycles. The molecule has 1 aliphatic rings. The molecule has 0 N–H and O–H groups in total. The van der Waals surface area contributed by atoms with E-state index in [-0.39, 0.29) is 13.2 Å². The van der Waals surface area contributed by atoms with Crippen molar-refractivity contribution >= 4 is 5.91 Å². The summed E-state index contributed by atoms with van der Waals surface area (Å²) in [4.78, 5) is 11.8. The molecule has 0 atom stereocenters. The van der Waals surface area contributed by atoms with E-state index in [4.69, 9.17) is 6.42 Å². The minimum absolute atomic E-state index is 0.100. The highest BCUT2D eigenvalue weighted by atomic mass is 19.3. The zero-order valence-electron chi connectivity index (χ0n) is 6.93. The van der Waals surface area contributed by atoms with Gasteiger partial charge in [-0.25, -0.2) is 8.78 Å². The lowest BCUT2D eigenvalue weighted by Crippen LogP contribution is -2.40. The molecule has 0 bridgehead atoms. The maximum absolute atomic E-state index is 12.8. The Labute approximate surface area is 74.7 Å². The van der Waals surface area contributed by atoms with Gasteiger partial charge in [0.25, 0.3) is 11.8 Å². The van der Waals surface area contributed by atoms with Crippen molar-refractivity contribution in [2.75, 3.05) is 26.3 Å². The third-order valence-electron chi connectivity index (χ3n) is 1.65. The lowest BCUT2D eigenvalue weighted by molar-refractivity contribution is -0.129. The van der Waals surface area contributed by atoms with Crippen LogP contribution in [-0.2, 0) is 9.53 Å². The van der Waals surface area contributed by atoms with E-state index in [9.17, 15) is 13.6 Å². The van der Waals surface area contributed by atoms with Gasteiger partial charge >= 0.3 is 0 Å². The number of terminal acetylenes is 1. The van der Waals surface area contributed by atoms with Gasteiger partial charge in [-0.3, -0.25) is 4.79 Å². The summed E-state index contributed by atoms with van der Waals surface area (Å²) in [5, 5.41) is 0. The maximum atomic E-state index is 12.8. The molecule has 1 rings (SSSR count). The summed E-state index contributed by atoms with van der Waals surface area (Å²) in [5.74, 6) is -1.92. The lowest BCUT2D eigenvalue weighted by Gasteiger charge is -2.20. The topological polar surface area (TPSA) is 29.5 Å². The average Bonchev–Trinajstić information content (AvgIpc) is 2.25. The smallest absolute Gasteiger partial charge is 0.298 e. The van der Waals surface area contributed by atoms with Crippen molar-refractivity contribution in [2.45, 2.75) is 5.92 Å². The van der Waals surface area contributed by atoms with E-state index in [2.05, 4.69) is 4.74 Å². The number of carbonyl (C=O) groups excluding carboxylic acids is 1. The molecule has 5 heteroatoms. The third-order valence-corrected chi connectivity index (χ3v) is 1.65. The summed E-state index contributed by atoms with van der Waals surface area (Å²) in [5.41, 5.74) is 0. The number of ether oxygens (including phenoxy) is 1. The molecule has 0 radical (unpaired) electrons. The summed E-state index contributed by atoms with van der Waals surface area (Å²) in [7, 11) is 0. The van der Waals surface area contributed by atoms with Crippen molar-refractivity contribution in [3.63, 3.8) is 0 Å². The van der Waals surface area contributed by atoms with Crippen LogP contribution in [-0.4, -0.2) is 43.0 Å². The molecule has 0 spiro atoms. The molecule has 3 nitrogen and oxygen atoms in total. The number of hydrogen-bond acceptors (Lipinski definition) is 2. The Kier molecular flexibility index (Phi) is 2.83. The van der Waals surface area contributed by atoms with Crippen LogP contribution >= 0.6 is 0 Å². The largest absolute Gasteiger partial charge is 0.373 e. The minimum atomic E-state index is -3.00. The van der Waals surface area contributed by atoms with Gasteiger partial charge in [0.2, 0.25) is 0 Å². The van der Waals surface area contributed by atoms with Crippen molar-refractivity contribution in [3.05, 3.63) is 0 Å². The summed E-state index contributed by atoms with van der Waals surface area (Å²) >= 11 is 0. The molecule has 13 heavy (non-hydrogen) atoms. The lowest BCUT2D eigenvalue weighted by atomic mass is 10.3. The summed E-state index contributed by atoms with van der Waals surface area (Å²) in [6, 6.07) is 0. The van der Waals surface area contributed by atoms with E-state index < -0.39 is 25.0 Å². The first-order valence-electron chi connectivity index (χ1n) is 3.76. The molecular formula is C8H9F2NO2. The van der Waals surface area contributed by atoms with Gasteiger partial charge in [-0.15, -0.1) is 6.42 Å². The Morgan fingerprint density at radius 2 is 2.31 bits per heavy atom.